The molecule has 1 aromatic heterocycles. The summed E-state index contributed by atoms with van der Waals surface area (Å²) in [4.78, 5) is 8.08. The van der Waals surface area contributed by atoms with Gasteiger partial charge in [-0.25, -0.2) is 9.97 Å². The summed E-state index contributed by atoms with van der Waals surface area (Å²) in [6, 6.07) is 3.68. The highest BCUT2D eigenvalue weighted by atomic mass is 16.3. The van der Waals surface area contributed by atoms with E-state index in [1.807, 2.05) is 19.9 Å². The third-order valence-electron chi connectivity index (χ3n) is 3.29. The van der Waals surface area contributed by atoms with Gasteiger partial charge in [0.1, 0.15) is 11.8 Å². The van der Waals surface area contributed by atoms with Gasteiger partial charge in [-0.15, -0.1) is 0 Å². The Bertz CT molecular complexity index is 438. The van der Waals surface area contributed by atoms with E-state index >= 15 is 0 Å². The molecule has 2 unspecified atom stereocenters. The second kappa shape index (κ2) is 3.72. The number of aliphatic hydroxyl groups is 1. The van der Waals surface area contributed by atoms with Crippen LogP contribution in [-0.2, 0) is 0 Å². The standard InChI is InChI=1S/C11H14N4O/c1-11(2)8(5-9(11)16)15-10-13-4-3-7(6-12)14-10/h3-4,8-9,16H,5H2,1-2H3,(H,13,14,15). The van der Waals surface area contributed by atoms with Gasteiger partial charge in [0, 0.05) is 17.7 Å². The van der Waals surface area contributed by atoms with E-state index in [-0.39, 0.29) is 17.6 Å². The van der Waals surface area contributed by atoms with E-state index in [9.17, 15) is 5.11 Å². The van der Waals surface area contributed by atoms with E-state index in [1.54, 1.807) is 12.3 Å². The van der Waals surface area contributed by atoms with Crippen LogP contribution >= 0.6 is 0 Å². The fourth-order valence-corrected chi connectivity index (χ4v) is 1.79. The van der Waals surface area contributed by atoms with Crippen LogP contribution < -0.4 is 5.32 Å². The molecule has 1 heterocycles. The lowest BCUT2D eigenvalue weighted by Crippen LogP contribution is -2.57. The van der Waals surface area contributed by atoms with E-state index in [2.05, 4.69) is 15.3 Å². The molecule has 0 radical (unpaired) electrons. The number of nitrogens with zero attached hydrogens (tertiary/aromatic N) is 3. The molecule has 1 aliphatic rings. The Morgan fingerprint density at radius 1 is 1.62 bits per heavy atom. The van der Waals surface area contributed by atoms with Crippen molar-refractivity contribution in [2.75, 3.05) is 5.32 Å². The quantitative estimate of drug-likeness (QED) is 0.771. The number of nitrogens with one attached hydrogen (secondary N) is 1. The number of rotatable bonds is 2. The van der Waals surface area contributed by atoms with Crippen LogP contribution in [0, 0.1) is 16.7 Å². The van der Waals surface area contributed by atoms with Gasteiger partial charge in [0.05, 0.1) is 6.10 Å². The SMILES string of the molecule is CC1(C)C(O)CC1Nc1nccc(C#N)n1. The van der Waals surface area contributed by atoms with Crippen molar-refractivity contribution in [1.29, 1.82) is 5.26 Å². The normalized spacial score (nSPS) is 26.6. The molecule has 1 aliphatic carbocycles. The Balaban J connectivity index is 2.08. The highest BCUT2D eigenvalue weighted by molar-refractivity contribution is 5.33. The lowest BCUT2D eigenvalue weighted by atomic mass is 9.65. The monoisotopic (exact) mass is 218 g/mol. The molecule has 5 heteroatoms. The Labute approximate surface area is 94.2 Å². The van der Waals surface area contributed by atoms with Crippen LogP contribution in [0.4, 0.5) is 5.95 Å². The molecule has 0 amide bonds. The molecule has 2 rings (SSSR count). The summed E-state index contributed by atoms with van der Waals surface area (Å²) in [6.07, 6.45) is 1.95. The molecule has 1 fully saturated rings. The van der Waals surface area contributed by atoms with Crippen LogP contribution in [0.1, 0.15) is 26.0 Å². The Morgan fingerprint density at radius 2 is 2.38 bits per heavy atom. The summed E-state index contributed by atoms with van der Waals surface area (Å²) >= 11 is 0. The summed E-state index contributed by atoms with van der Waals surface area (Å²) in [5, 5.41) is 21.4. The highest BCUT2D eigenvalue weighted by Crippen LogP contribution is 2.41. The first kappa shape index (κ1) is 10.8. The molecular formula is C11H14N4O. The fraction of sp³-hybridized carbons (Fsp3) is 0.545. The van der Waals surface area contributed by atoms with Gasteiger partial charge in [-0.1, -0.05) is 13.8 Å². The highest BCUT2D eigenvalue weighted by Gasteiger charge is 2.47. The molecule has 0 saturated heterocycles. The number of nitriles is 1. The van der Waals surface area contributed by atoms with Crippen molar-refractivity contribution in [3.8, 4) is 6.07 Å². The lowest BCUT2D eigenvalue weighted by Gasteiger charge is -2.49. The maximum Gasteiger partial charge on any atom is 0.224 e. The summed E-state index contributed by atoms with van der Waals surface area (Å²) < 4.78 is 0. The van der Waals surface area contributed by atoms with Crippen molar-refractivity contribution in [1.82, 2.24) is 9.97 Å². The number of hydrogen-bond acceptors (Lipinski definition) is 5. The van der Waals surface area contributed by atoms with E-state index in [0.717, 1.165) is 0 Å². The first-order valence-electron chi connectivity index (χ1n) is 5.22. The van der Waals surface area contributed by atoms with Crippen molar-refractivity contribution < 1.29 is 5.11 Å². The van der Waals surface area contributed by atoms with Crippen LogP contribution in [-0.4, -0.2) is 27.2 Å². The molecular weight excluding hydrogens is 204 g/mol. The minimum atomic E-state index is -0.288. The van der Waals surface area contributed by atoms with Crippen LogP contribution in [0.15, 0.2) is 12.3 Å². The van der Waals surface area contributed by atoms with E-state index < -0.39 is 0 Å². The maximum atomic E-state index is 9.59. The van der Waals surface area contributed by atoms with Gasteiger partial charge >= 0.3 is 0 Å². The van der Waals surface area contributed by atoms with Gasteiger partial charge in [-0.2, -0.15) is 5.26 Å². The maximum absolute atomic E-state index is 9.59. The van der Waals surface area contributed by atoms with Crippen LogP contribution in [0.25, 0.3) is 0 Å². The number of hydrogen-bond donors (Lipinski definition) is 2. The molecule has 0 aliphatic heterocycles. The average molecular weight is 218 g/mol. The third kappa shape index (κ3) is 1.72. The average Bonchev–Trinajstić information content (AvgIpc) is 2.29. The van der Waals surface area contributed by atoms with Crippen LogP contribution in [0.5, 0.6) is 0 Å². The number of aromatic nitrogens is 2. The molecule has 16 heavy (non-hydrogen) atoms. The molecule has 1 saturated carbocycles. The van der Waals surface area contributed by atoms with Gasteiger partial charge in [0.2, 0.25) is 5.95 Å². The molecule has 5 nitrogen and oxygen atoms in total. The molecule has 2 atom stereocenters. The van der Waals surface area contributed by atoms with Crippen molar-refractivity contribution >= 4 is 5.95 Å². The number of anilines is 1. The molecule has 0 bridgehead atoms. The molecule has 84 valence electrons. The fourth-order valence-electron chi connectivity index (χ4n) is 1.79. The van der Waals surface area contributed by atoms with Crippen LogP contribution in [0.2, 0.25) is 0 Å². The minimum Gasteiger partial charge on any atom is -0.392 e. The largest absolute Gasteiger partial charge is 0.392 e. The van der Waals surface area contributed by atoms with Crippen molar-refractivity contribution in [3.05, 3.63) is 18.0 Å². The second-order valence-electron chi connectivity index (χ2n) is 4.65. The van der Waals surface area contributed by atoms with Gasteiger partial charge in [0.25, 0.3) is 0 Å². The Kier molecular flexibility index (Phi) is 2.52. The minimum absolute atomic E-state index is 0.149. The van der Waals surface area contributed by atoms with Gasteiger partial charge in [-0.05, 0) is 12.5 Å². The number of aliphatic hydroxyl groups excluding tert-OH is 1. The summed E-state index contributed by atoms with van der Waals surface area (Å²) in [7, 11) is 0. The first-order chi connectivity index (χ1) is 7.54. The van der Waals surface area contributed by atoms with Gasteiger partial charge in [0.15, 0.2) is 0 Å². The predicted molar refractivity (Wildman–Crippen MR) is 58.6 cm³/mol. The molecule has 0 aromatic carbocycles. The predicted octanol–water partition coefficient (Wildman–Crippen LogP) is 0.920. The summed E-state index contributed by atoms with van der Waals surface area (Å²) in [5.74, 6) is 0.448. The molecule has 1 aromatic rings. The Hall–Kier alpha value is -1.67. The summed E-state index contributed by atoms with van der Waals surface area (Å²) in [6.45, 7) is 3.99. The van der Waals surface area contributed by atoms with Crippen molar-refractivity contribution in [2.24, 2.45) is 5.41 Å². The zero-order valence-electron chi connectivity index (χ0n) is 9.31. The Morgan fingerprint density at radius 3 is 2.94 bits per heavy atom. The molecule has 0 spiro atoms. The van der Waals surface area contributed by atoms with E-state index in [0.29, 0.717) is 18.1 Å². The smallest absolute Gasteiger partial charge is 0.224 e. The van der Waals surface area contributed by atoms with E-state index in [4.69, 9.17) is 5.26 Å². The van der Waals surface area contributed by atoms with E-state index in [1.165, 1.54) is 0 Å². The zero-order valence-corrected chi connectivity index (χ0v) is 9.31. The topological polar surface area (TPSA) is 81.8 Å². The third-order valence-corrected chi connectivity index (χ3v) is 3.29. The summed E-state index contributed by atoms with van der Waals surface area (Å²) in [5.41, 5.74) is 0.168. The lowest BCUT2D eigenvalue weighted by molar-refractivity contribution is -0.0512. The first-order valence-corrected chi connectivity index (χ1v) is 5.22. The van der Waals surface area contributed by atoms with Crippen molar-refractivity contribution in [3.63, 3.8) is 0 Å². The molecule has 2 N–H and O–H groups in total. The van der Waals surface area contributed by atoms with Crippen molar-refractivity contribution in [2.45, 2.75) is 32.4 Å². The van der Waals surface area contributed by atoms with Gasteiger partial charge < -0.3 is 10.4 Å². The second-order valence-corrected chi connectivity index (χ2v) is 4.65. The van der Waals surface area contributed by atoms with Gasteiger partial charge in [-0.3, -0.25) is 0 Å². The zero-order chi connectivity index (χ0) is 11.8. The van der Waals surface area contributed by atoms with Crippen LogP contribution in [0.3, 0.4) is 0 Å².